The topological polar surface area (TPSA) is 87.2 Å². The first-order chi connectivity index (χ1) is 19.9. The van der Waals surface area contributed by atoms with E-state index in [2.05, 4.69) is 13.2 Å². The van der Waals surface area contributed by atoms with Crippen LogP contribution in [0.15, 0.2) is 79.9 Å². The van der Waals surface area contributed by atoms with Crippen LogP contribution >= 0.6 is 0 Å². The highest BCUT2D eigenvalue weighted by molar-refractivity contribution is 5.86. The van der Waals surface area contributed by atoms with Gasteiger partial charge in [-0.15, -0.1) is 13.2 Å². The zero-order valence-corrected chi connectivity index (χ0v) is 23.8. The molecule has 4 atom stereocenters. The molecule has 0 saturated carbocycles. The number of aliphatic hydroxyl groups excluding tert-OH is 1. The highest BCUT2D eigenvalue weighted by Gasteiger charge is 2.37. The van der Waals surface area contributed by atoms with E-state index < -0.39 is 5.92 Å². The van der Waals surface area contributed by atoms with E-state index in [9.17, 15) is 19.5 Å². The first-order valence-electron chi connectivity index (χ1n) is 14.6. The molecule has 7 heteroatoms. The van der Waals surface area contributed by atoms with E-state index in [1.807, 2.05) is 54.6 Å². The number of amides is 2. The molecule has 4 unspecified atom stereocenters. The fraction of sp³-hybridized carbons (Fsp3) is 0.441. The number of carbonyl (C=O) groups is 3. The van der Waals surface area contributed by atoms with E-state index in [0.29, 0.717) is 38.8 Å². The predicted octanol–water partition coefficient (Wildman–Crippen LogP) is 4.48. The van der Waals surface area contributed by atoms with Gasteiger partial charge in [0.1, 0.15) is 6.61 Å². The molecule has 0 radical (unpaired) electrons. The molecule has 2 heterocycles. The van der Waals surface area contributed by atoms with Crippen LogP contribution in [0.4, 0.5) is 0 Å². The summed E-state index contributed by atoms with van der Waals surface area (Å²) in [6.45, 7) is 8.63. The van der Waals surface area contributed by atoms with E-state index in [1.54, 1.807) is 22.0 Å². The molecule has 1 saturated heterocycles. The number of hydrogen-bond donors (Lipinski definition) is 1. The Kier molecular flexibility index (Phi) is 10.9. The van der Waals surface area contributed by atoms with E-state index in [1.165, 1.54) is 0 Å². The lowest BCUT2D eigenvalue weighted by Gasteiger charge is -2.37. The number of carbonyl (C=O) groups excluding carboxylic acids is 3. The van der Waals surface area contributed by atoms with Crippen LogP contribution in [-0.4, -0.2) is 64.5 Å². The maximum absolute atomic E-state index is 13.7. The van der Waals surface area contributed by atoms with Crippen LogP contribution in [0, 0.1) is 11.8 Å². The molecule has 0 aromatic heterocycles. The zero-order chi connectivity index (χ0) is 29.2. The molecule has 2 aromatic rings. The van der Waals surface area contributed by atoms with Gasteiger partial charge >= 0.3 is 5.97 Å². The van der Waals surface area contributed by atoms with Crippen LogP contribution in [0.2, 0.25) is 0 Å². The second-order valence-corrected chi connectivity index (χ2v) is 11.1. The van der Waals surface area contributed by atoms with Crippen molar-refractivity contribution >= 4 is 17.8 Å². The Labute approximate surface area is 243 Å². The van der Waals surface area contributed by atoms with Crippen molar-refractivity contribution in [1.29, 1.82) is 0 Å². The number of aliphatic hydroxyl groups is 1. The number of ether oxygens (including phenoxy) is 1. The van der Waals surface area contributed by atoms with Crippen LogP contribution in [-0.2, 0) is 38.5 Å². The standard InChI is InChI=1S/C34H42N2O5/c1-3-11-27(21-32(38)36-22-29-16-9-8-15-26(29)20-31(36)23-37)33(39)35-18-10-17-30(35)24-41-34(40)28(12-4-2)19-25-13-6-5-7-14-25/h3-9,13-16,27-28,30-31,37H,1-2,10-12,17-24H2. The molecule has 4 rings (SSSR count). The number of allylic oxidation sites excluding steroid dienone is 2. The Hall–Kier alpha value is -3.71. The lowest BCUT2D eigenvalue weighted by molar-refractivity contribution is -0.152. The van der Waals surface area contributed by atoms with E-state index in [0.717, 1.165) is 29.5 Å². The van der Waals surface area contributed by atoms with E-state index in [4.69, 9.17) is 4.74 Å². The third-order valence-electron chi connectivity index (χ3n) is 8.30. The van der Waals surface area contributed by atoms with Crippen LogP contribution < -0.4 is 0 Å². The van der Waals surface area contributed by atoms with E-state index in [-0.39, 0.29) is 55.4 Å². The quantitative estimate of drug-likeness (QED) is 0.289. The van der Waals surface area contributed by atoms with Gasteiger partial charge in [-0.1, -0.05) is 66.7 Å². The summed E-state index contributed by atoms with van der Waals surface area (Å²) in [5, 5.41) is 10.0. The van der Waals surface area contributed by atoms with Gasteiger partial charge in [-0.05, 0) is 55.2 Å². The van der Waals surface area contributed by atoms with Gasteiger partial charge in [-0.2, -0.15) is 0 Å². The average Bonchev–Trinajstić information content (AvgIpc) is 3.47. The van der Waals surface area contributed by atoms with Crippen molar-refractivity contribution < 1.29 is 24.2 Å². The second-order valence-electron chi connectivity index (χ2n) is 11.1. The maximum Gasteiger partial charge on any atom is 0.309 e. The molecule has 2 aliphatic rings. The maximum atomic E-state index is 13.7. The number of esters is 1. The SMILES string of the molecule is C=CCC(Cc1ccccc1)C(=O)OCC1CCCN1C(=O)C(CC=C)CC(=O)N1Cc2ccccc2CC1CO. The zero-order valence-electron chi connectivity index (χ0n) is 23.8. The van der Waals surface area contributed by atoms with Gasteiger partial charge in [0.2, 0.25) is 11.8 Å². The van der Waals surface area contributed by atoms with Crippen molar-refractivity contribution in [3.05, 3.63) is 96.6 Å². The fourth-order valence-electron chi connectivity index (χ4n) is 6.04. The smallest absolute Gasteiger partial charge is 0.309 e. The van der Waals surface area contributed by atoms with Crippen LogP contribution in [0.5, 0.6) is 0 Å². The minimum absolute atomic E-state index is 0.0466. The van der Waals surface area contributed by atoms with Crippen LogP contribution in [0.25, 0.3) is 0 Å². The molecule has 2 amide bonds. The summed E-state index contributed by atoms with van der Waals surface area (Å²) < 4.78 is 5.77. The molecule has 1 fully saturated rings. The molecular formula is C34H42N2O5. The average molecular weight is 559 g/mol. The van der Waals surface area contributed by atoms with Crippen molar-refractivity contribution in [2.45, 2.75) is 63.6 Å². The monoisotopic (exact) mass is 558 g/mol. The van der Waals surface area contributed by atoms with Crippen LogP contribution in [0.3, 0.4) is 0 Å². The van der Waals surface area contributed by atoms with Gasteiger partial charge in [0.25, 0.3) is 0 Å². The number of hydrogen-bond acceptors (Lipinski definition) is 5. The molecule has 2 aliphatic heterocycles. The molecule has 0 bridgehead atoms. The summed E-state index contributed by atoms with van der Waals surface area (Å²) in [6, 6.07) is 17.3. The Bertz CT molecular complexity index is 1210. The Morgan fingerprint density at radius 3 is 2.32 bits per heavy atom. The lowest BCUT2D eigenvalue weighted by atomic mass is 9.92. The van der Waals surface area contributed by atoms with E-state index >= 15 is 0 Å². The first-order valence-corrected chi connectivity index (χ1v) is 14.6. The Morgan fingerprint density at radius 1 is 0.927 bits per heavy atom. The van der Waals surface area contributed by atoms with Gasteiger partial charge in [0, 0.05) is 19.5 Å². The van der Waals surface area contributed by atoms with Crippen molar-refractivity contribution in [2.24, 2.45) is 11.8 Å². The van der Waals surface area contributed by atoms with Gasteiger partial charge in [-0.25, -0.2) is 0 Å². The van der Waals surface area contributed by atoms with Crippen molar-refractivity contribution in [1.82, 2.24) is 9.80 Å². The van der Waals surface area contributed by atoms with Crippen LogP contribution in [0.1, 0.15) is 48.8 Å². The summed E-state index contributed by atoms with van der Waals surface area (Å²) >= 11 is 0. The third kappa shape index (κ3) is 7.73. The normalized spacial score (nSPS) is 19.6. The summed E-state index contributed by atoms with van der Waals surface area (Å²) in [5.74, 6) is -1.43. The molecule has 2 aromatic carbocycles. The molecular weight excluding hydrogens is 516 g/mol. The van der Waals surface area contributed by atoms with Gasteiger partial charge in [0.05, 0.1) is 30.5 Å². The highest BCUT2D eigenvalue weighted by atomic mass is 16.5. The molecule has 1 N–H and O–H groups in total. The summed E-state index contributed by atoms with van der Waals surface area (Å²) in [4.78, 5) is 43.7. The van der Waals surface area contributed by atoms with Gasteiger partial charge in [0.15, 0.2) is 0 Å². The molecule has 41 heavy (non-hydrogen) atoms. The number of benzene rings is 2. The molecule has 0 spiro atoms. The molecule has 218 valence electrons. The number of likely N-dealkylation sites (tertiary alicyclic amines) is 1. The molecule has 0 aliphatic carbocycles. The second kappa shape index (κ2) is 14.8. The number of rotatable bonds is 13. The van der Waals surface area contributed by atoms with Gasteiger partial charge < -0.3 is 19.6 Å². The number of nitrogens with zero attached hydrogens (tertiary/aromatic N) is 2. The Morgan fingerprint density at radius 2 is 1.61 bits per heavy atom. The molecule has 7 nitrogen and oxygen atoms in total. The first kappa shape index (κ1) is 30.3. The third-order valence-corrected chi connectivity index (χ3v) is 8.30. The van der Waals surface area contributed by atoms with Gasteiger partial charge in [-0.3, -0.25) is 14.4 Å². The highest BCUT2D eigenvalue weighted by Crippen LogP contribution is 2.28. The fourth-order valence-corrected chi connectivity index (χ4v) is 6.04. The minimum atomic E-state index is -0.556. The summed E-state index contributed by atoms with van der Waals surface area (Å²) in [7, 11) is 0. The predicted molar refractivity (Wildman–Crippen MR) is 159 cm³/mol. The van der Waals surface area contributed by atoms with Crippen molar-refractivity contribution in [3.63, 3.8) is 0 Å². The lowest BCUT2D eigenvalue weighted by Crippen LogP contribution is -2.48. The minimum Gasteiger partial charge on any atom is -0.463 e. The summed E-state index contributed by atoms with van der Waals surface area (Å²) in [5.41, 5.74) is 3.27. The largest absolute Gasteiger partial charge is 0.463 e. The van der Waals surface area contributed by atoms with Crippen molar-refractivity contribution in [3.8, 4) is 0 Å². The Balaban J connectivity index is 1.38. The number of fused-ring (bicyclic) bond motifs is 1. The van der Waals surface area contributed by atoms with Crippen molar-refractivity contribution in [2.75, 3.05) is 19.8 Å². The summed E-state index contributed by atoms with van der Waals surface area (Å²) in [6.07, 6.45) is 7.07.